The van der Waals surface area contributed by atoms with Crippen LogP contribution in [0, 0.1) is 22.7 Å². The maximum Gasteiger partial charge on any atom is 0.324 e. The van der Waals surface area contributed by atoms with E-state index in [1.165, 1.54) is 14.2 Å². The van der Waals surface area contributed by atoms with Crippen molar-refractivity contribution in [3.63, 3.8) is 0 Å². The molecule has 0 aromatic heterocycles. The quantitative estimate of drug-likeness (QED) is 0.174. The molecule has 11 heteroatoms. The predicted octanol–water partition coefficient (Wildman–Crippen LogP) is 5.21. The zero-order valence-corrected chi connectivity index (χ0v) is 28.7. The van der Waals surface area contributed by atoms with Crippen LogP contribution in [0.1, 0.15) is 65.5 Å². The van der Waals surface area contributed by atoms with E-state index in [0.717, 1.165) is 16.2 Å². The molecule has 4 rings (SSSR count). The first-order valence-corrected chi connectivity index (χ1v) is 15.7. The number of carbonyl (C=O) groups excluding carboxylic acids is 3. The zero-order chi connectivity index (χ0) is 35.0. The van der Waals surface area contributed by atoms with Crippen molar-refractivity contribution in [3.8, 4) is 0 Å². The van der Waals surface area contributed by atoms with Crippen LogP contribution in [0.2, 0.25) is 0 Å². The number of benzene rings is 2. The Kier molecular flexibility index (Phi) is 12.3. The van der Waals surface area contributed by atoms with E-state index in [2.05, 4.69) is 0 Å². The molecular formula is C36H49NO10. The Morgan fingerprint density at radius 1 is 0.723 bits per heavy atom. The summed E-state index contributed by atoms with van der Waals surface area (Å²) in [7, 11) is 2.89. The SMILES string of the molecule is CC(C)(C)OC(=O)[C@@]1(C(=O)O)C[C@H]1COCc1ccccc1.CON(C)C(=O)[C@]1(C(=O)OC(C)(C)C)C[C@H]1COCc1ccccc1. The molecule has 2 fully saturated rings. The highest BCUT2D eigenvalue weighted by Gasteiger charge is 2.69. The molecule has 258 valence electrons. The van der Waals surface area contributed by atoms with Gasteiger partial charge in [-0.2, -0.15) is 0 Å². The Hall–Kier alpha value is -3.80. The lowest BCUT2D eigenvalue weighted by Crippen LogP contribution is -2.42. The second kappa shape index (κ2) is 15.4. The lowest BCUT2D eigenvalue weighted by Gasteiger charge is -2.26. The molecule has 0 spiro atoms. The van der Waals surface area contributed by atoms with E-state index in [1.54, 1.807) is 41.5 Å². The normalized spacial score (nSPS) is 23.1. The summed E-state index contributed by atoms with van der Waals surface area (Å²) in [5.74, 6) is -3.24. The van der Waals surface area contributed by atoms with Crippen LogP contribution in [0.15, 0.2) is 60.7 Å². The van der Waals surface area contributed by atoms with E-state index < -0.39 is 45.8 Å². The van der Waals surface area contributed by atoms with Gasteiger partial charge in [0.05, 0.1) is 33.5 Å². The summed E-state index contributed by atoms with van der Waals surface area (Å²) in [6.45, 7) is 11.9. The van der Waals surface area contributed by atoms with E-state index in [4.69, 9.17) is 23.8 Å². The van der Waals surface area contributed by atoms with Gasteiger partial charge in [0.1, 0.15) is 11.2 Å². The molecule has 1 N–H and O–H groups in total. The maximum atomic E-state index is 12.7. The molecule has 0 heterocycles. The van der Waals surface area contributed by atoms with Gasteiger partial charge >= 0.3 is 17.9 Å². The molecule has 2 aromatic carbocycles. The van der Waals surface area contributed by atoms with Crippen molar-refractivity contribution in [2.45, 2.75) is 78.8 Å². The first-order valence-electron chi connectivity index (χ1n) is 15.7. The molecule has 47 heavy (non-hydrogen) atoms. The van der Waals surface area contributed by atoms with Gasteiger partial charge in [-0.25, -0.2) is 5.06 Å². The van der Waals surface area contributed by atoms with Gasteiger partial charge in [0.15, 0.2) is 10.8 Å². The van der Waals surface area contributed by atoms with Crippen LogP contribution >= 0.6 is 0 Å². The van der Waals surface area contributed by atoms with E-state index in [0.29, 0.717) is 26.2 Å². The number of carbonyl (C=O) groups is 4. The van der Waals surface area contributed by atoms with Crippen LogP contribution in [-0.4, -0.2) is 72.6 Å². The Balaban J connectivity index is 0.000000257. The lowest BCUT2D eigenvalue weighted by molar-refractivity contribution is -0.186. The number of hydrogen-bond acceptors (Lipinski definition) is 9. The standard InChI is InChI=1S/C19H27NO5.C17H22O5/c1-18(2,3)25-17(22)19(16(21)20(4)23-5)11-15(19)13-24-12-14-9-7-6-8-10-14;1-16(2,3)22-15(20)17(14(18)19)9-13(17)11-21-10-12-7-5-4-6-8-12/h6-10,15H,11-13H2,1-5H3;4-8,13H,9-11H2,1-3H3,(H,18,19)/t15-,19-;13-,17-/m00/s1. The van der Waals surface area contributed by atoms with Crippen LogP contribution < -0.4 is 0 Å². The number of ether oxygens (including phenoxy) is 4. The minimum atomic E-state index is -1.44. The van der Waals surface area contributed by atoms with Gasteiger partial charge < -0.3 is 24.1 Å². The van der Waals surface area contributed by atoms with Gasteiger partial charge in [-0.3, -0.25) is 24.0 Å². The highest BCUT2D eigenvalue weighted by molar-refractivity contribution is 6.06. The monoisotopic (exact) mass is 655 g/mol. The predicted molar refractivity (Wildman–Crippen MR) is 172 cm³/mol. The number of nitrogens with zero attached hydrogens (tertiary/aromatic N) is 1. The van der Waals surface area contributed by atoms with Crippen LogP contribution in [0.3, 0.4) is 0 Å². The van der Waals surface area contributed by atoms with E-state index in [-0.39, 0.29) is 24.9 Å². The van der Waals surface area contributed by atoms with Crippen molar-refractivity contribution >= 4 is 23.8 Å². The Morgan fingerprint density at radius 3 is 1.49 bits per heavy atom. The van der Waals surface area contributed by atoms with Gasteiger partial charge in [-0.1, -0.05) is 60.7 Å². The molecule has 0 bridgehead atoms. The summed E-state index contributed by atoms with van der Waals surface area (Å²) in [5.41, 5.74) is -1.95. The highest BCUT2D eigenvalue weighted by atomic mass is 16.7. The lowest BCUT2D eigenvalue weighted by atomic mass is 10.0. The Labute approximate surface area is 277 Å². The zero-order valence-electron chi connectivity index (χ0n) is 28.7. The second-order valence-corrected chi connectivity index (χ2v) is 14.0. The molecule has 1 amide bonds. The Bertz CT molecular complexity index is 1370. The molecule has 2 aromatic rings. The number of esters is 2. The number of rotatable bonds is 13. The van der Waals surface area contributed by atoms with E-state index in [1.807, 2.05) is 60.7 Å². The van der Waals surface area contributed by atoms with Crippen molar-refractivity contribution in [1.82, 2.24) is 5.06 Å². The second-order valence-electron chi connectivity index (χ2n) is 14.0. The first kappa shape index (κ1) is 37.7. The first-order chi connectivity index (χ1) is 22.0. The minimum Gasteiger partial charge on any atom is -0.480 e. The summed E-state index contributed by atoms with van der Waals surface area (Å²) in [5, 5.41) is 10.5. The van der Waals surface area contributed by atoms with Crippen molar-refractivity contribution < 1.29 is 48.1 Å². The van der Waals surface area contributed by atoms with Crippen molar-refractivity contribution in [1.29, 1.82) is 0 Å². The van der Waals surface area contributed by atoms with E-state index >= 15 is 0 Å². The summed E-state index contributed by atoms with van der Waals surface area (Å²) in [6, 6.07) is 19.4. The van der Waals surface area contributed by atoms with Gasteiger partial charge in [0.25, 0.3) is 5.91 Å². The smallest absolute Gasteiger partial charge is 0.324 e. The molecule has 0 radical (unpaired) electrons. The fourth-order valence-corrected chi connectivity index (χ4v) is 5.15. The molecular weight excluding hydrogens is 606 g/mol. The molecule has 2 aliphatic carbocycles. The van der Waals surface area contributed by atoms with Crippen LogP contribution in [0.4, 0.5) is 0 Å². The highest BCUT2D eigenvalue weighted by Crippen LogP contribution is 2.56. The van der Waals surface area contributed by atoms with Crippen LogP contribution in [-0.2, 0) is 56.2 Å². The number of hydrogen-bond donors (Lipinski definition) is 1. The number of carboxylic acids is 1. The third-order valence-corrected chi connectivity index (χ3v) is 7.92. The van der Waals surface area contributed by atoms with Gasteiger partial charge in [0.2, 0.25) is 0 Å². The van der Waals surface area contributed by atoms with Crippen molar-refractivity contribution in [2.24, 2.45) is 22.7 Å². The molecule has 0 saturated heterocycles. The number of hydroxylamine groups is 2. The fraction of sp³-hybridized carbons (Fsp3) is 0.556. The summed E-state index contributed by atoms with van der Waals surface area (Å²) in [6.07, 6.45) is 0.676. The van der Waals surface area contributed by atoms with Crippen molar-refractivity contribution in [3.05, 3.63) is 71.8 Å². The third kappa shape index (κ3) is 10.1. The summed E-state index contributed by atoms with van der Waals surface area (Å²) >= 11 is 0. The molecule has 0 aliphatic heterocycles. The molecule has 0 unspecified atom stereocenters. The average Bonchev–Trinajstić information content (AvgIpc) is 3.91. The number of aliphatic carboxylic acids is 1. The average molecular weight is 656 g/mol. The molecule has 11 nitrogen and oxygen atoms in total. The molecule has 2 saturated carbocycles. The van der Waals surface area contributed by atoms with Crippen molar-refractivity contribution in [2.75, 3.05) is 27.4 Å². The van der Waals surface area contributed by atoms with E-state index in [9.17, 15) is 24.3 Å². The maximum absolute atomic E-state index is 12.7. The van der Waals surface area contributed by atoms with Gasteiger partial charge in [-0.15, -0.1) is 0 Å². The third-order valence-electron chi connectivity index (χ3n) is 7.92. The fourth-order valence-electron chi connectivity index (χ4n) is 5.15. The Morgan fingerprint density at radius 2 is 1.11 bits per heavy atom. The minimum absolute atomic E-state index is 0.212. The van der Waals surface area contributed by atoms with Crippen LogP contribution in [0.5, 0.6) is 0 Å². The summed E-state index contributed by atoms with van der Waals surface area (Å²) in [4.78, 5) is 54.0. The van der Waals surface area contributed by atoms with Gasteiger partial charge in [-0.05, 0) is 65.5 Å². The number of carboxylic acid groups (broad SMARTS) is 1. The molecule has 4 atom stereocenters. The van der Waals surface area contributed by atoms with Gasteiger partial charge in [0, 0.05) is 18.9 Å². The largest absolute Gasteiger partial charge is 0.480 e. The van der Waals surface area contributed by atoms with Crippen LogP contribution in [0.25, 0.3) is 0 Å². The summed E-state index contributed by atoms with van der Waals surface area (Å²) < 4.78 is 22.0. The number of amides is 1. The topological polar surface area (TPSA) is 138 Å². The molecule has 2 aliphatic rings.